The standard InChI is InChI=1S/C23H36N4OS/c1-22(2,3)13-20-25-18-12-17(10-11-19(18)27(20)14-16-8-9-16)29-23(4,5)15-24-21(28)26(6)7/h10-12,16H,8-9,13-15H2,1-7H3,(H,24,28). The lowest BCUT2D eigenvalue weighted by atomic mass is 9.92. The molecule has 5 nitrogen and oxygen atoms in total. The van der Waals surface area contributed by atoms with Crippen LogP contribution in [0, 0.1) is 11.3 Å². The molecule has 3 rings (SSSR count). The van der Waals surface area contributed by atoms with Crippen LogP contribution in [0.5, 0.6) is 0 Å². The molecule has 2 amide bonds. The number of benzene rings is 1. The second kappa shape index (κ2) is 8.21. The van der Waals surface area contributed by atoms with Gasteiger partial charge >= 0.3 is 6.03 Å². The Labute approximate surface area is 179 Å². The van der Waals surface area contributed by atoms with Crippen LogP contribution in [0.15, 0.2) is 23.1 Å². The molecule has 0 bridgehead atoms. The van der Waals surface area contributed by atoms with E-state index < -0.39 is 0 Å². The highest BCUT2D eigenvalue weighted by atomic mass is 32.2. The van der Waals surface area contributed by atoms with E-state index in [1.54, 1.807) is 30.8 Å². The zero-order chi connectivity index (χ0) is 21.4. The van der Waals surface area contributed by atoms with Crippen molar-refractivity contribution in [3.05, 3.63) is 24.0 Å². The molecule has 160 valence electrons. The summed E-state index contributed by atoms with van der Waals surface area (Å²) in [6.45, 7) is 12.9. The molecule has 0 atom stereocenters. The molecule has 0 radical (unpaired) electrons. The van der Waals surface area contributed by atoms with Crippen molar-refractivity contribution in [2.75, 3.05) is 20.6 Å². The number of hydrogen-bond donors (Lipinski definition) is 1. The number of amides is 2. The molecule has 29 heavy (non-hydrogen) atoms. The molecule has 1 aromatic carbocycles. The number of hydrogen-bond acceptors (Lipinski definition) is 3. The first-order valence-electron chi connectivity index (χ1n) is 10.6. The first-order valence-corrected chi connectivity index (χ1v) is 11.4. The molecule has 6 heteroatoms. The number of carbonyl (C=O) groups excluding carboxylic acids is 1. The molecule has 1 saturated carbocycles. The van der Waals surface area contributed by atoms with E-state index in [0.29, 0.717) is 6.54 Å². The first kappa shape index (κ1) is 22.0. The fraction of sp³-hybridized carbons (Fsp3) is 0.652. The van der Waals surface area contributed by atoms with Gasteiger partial charge in [-0.15, -0.1) is 11.8 Å². The third kappa shape index (κ3) is 6.14. The fourth-order valence-electron chi connectivity index (χ4n) is 3.40. The van der Waals surface area contributed by atoms with Crippen LogP contribution >= 0.6 is 11.8 Å². The quantitative estimate of drug-likeness (QED) is 0.633. The molecule has 0 unspecified atom stereocenters. The summed E-state index contributed by atoms with van der Waals surface area (Å²) in [6.07, 6.45) is 3.67. The van der Waals surface area contributed by atoms with Gasteiger partial charge in [0.25, 0.3) is 0 Å². The van der Waals surface area contributed by atoms with Gasteiger partial charge < -0.3 is 14.8 Å². The normalized spacial score (nSPS) is 15.0. The van der Waals surface area contributed by atoms with Gasteiger partial charge in [0.2, 0.25) is 0 Å². The molecule has 2 aromatic rings. The highest BCUT2D eigenvalue weighted by Crippen LogP contribution is 2.36. The highest BCUT2D eigenvalue weighted by Gasteiger charge is 2.26. The molecule has 1 aromatic heterocycles. The van der Waals surface area contributed by atoms with Crippen LogP contribution < -0.4 is 5.32 Å². The van der Waals surface area contributed by atoms with Crippen LogP contribution in [-0.4, -0.2) is 45.9 Å². The zero-order valence-electron chi connectivity index (χ0n) is 19.0. The summed E-state index contributed by atoms with van der Waals surface area (Å²) >= 11 is 1.79. The lowest BCUT2D eigenvalue weighted by molar-refractivity contribution is 0.216. The lowest BCUT2D eigenvalue weighted by Gasteiger charge is -2.25. The van der Waals surface area contributed by atoms with E-state index in [4.69, 9.17) is 4.98 Å². The lowest BCUT2D eigenvalue weighted by Crippen LogP contribution is -2.41. The number of rotatable bonds is 7. The number of nitrogens with one attached hydrogen (secondary N) is 1. The van der Waals surface area contributed by atoms with Crippen molar-refractivity contribution in [1.82, 2.24) is 19.8 Å². The minimum Gasteiger partial charge on any atom is -0.337 e. The van der Waals surface area contributed by atoms with Gasteiger partial charge in [0.05, 0.1) is 11.0 Å². The predicted molar refractivity (Wildman–Crippen MR) is 123 cm³/mol. The molecule has 0 aliphatic heterocycles. The third-order valence-corrected chi connectivity index (χ3v) is 6.28. The molecular weight excluding hydrogens is 380 g/mol. The van der Waals surface area contributed by atoms with Gasteiger partial charge in [0.1, 0.15) is 5.82 Å². The Morgan fingerprint density at radius 3 is 2.52 bits per heavy atom. The van der Waals surface area contributed by atoms with Gasteiger partial charge in [-0.1, -0.05) is 20.8 Å². The summed E-state index contributed by atoms with van der Waals surface area (Å²) in [5.41, 5.74) is 2.55. The number of fused-ring (bicyclic) bond motifs is 1. The van der Waals surface area contributed by atoms with Gasteiger partial charge in [-0.25, -0.2) is 9.78 Å². The fourth-order valence-corrected chi connectivity index (χ4v) is 4.49. The number of aromatic nitrogens is 2. The summed E-state index contributed by atoms with van der Waals surface area (Å²) in [6, 6.07) is 6.59. The van der Waals surface area contributed by atoms with Crippen LogP contribution in [0.3, 0.4) is 0 Å². The first-order chi connectivity index (χ1) is 13.4. The second-order valence-corrected chi connectivity index (χ2v) is 12.2. The Kier molecular flexibility index (Phi) is 6.23. The average molecular weight is 417 g/mol. The van der Waals surface area contributed by atoms with Gasteiger partial charge in [0.15, 0.2) is 0 Å². The van der Waals surface area contributed by atoms with Crippen LogP contribution in [0.1, 0.15) is 53.3 Å². The SMILES string of the molecule is CN(C)C(=O)NCC(C)(C)Sc1ccc2c(c1)nc(CC(C)(C)C)n2CC1CC1. The largest absolute Gasteiger partial charge is 0.337 e. The van der Waals surface area contributed by atoms with Crippen molar-refractivity contribution in [1.29, 1.82) is 0 Å². The van der Waals surface area contributed by atoms with Crippen molar-refractivity contribution >= 4 is 28.8 Å². The van der Waals surface area contributed by atoms with Gasteiger partial charge in [-0.3, -0.25) is 0 Å². The molecule has 1 fully saturated rings. The Morgan fingerprint density at radius 1 is 1.24 bits per heavy atom. The molecule has 1 aliphatic carbocycles. The highest BCUT2D eigenvalue weighted by molar-refractivity contribution is 8.00. The maximum Gasteiger partial charge on any atom is 0.316 e. The molecule has 1 N–H and O–H groups in total. The van der Waals surface area contributed by atoms with Crippen LogP contribution in [0.25, 0.3) is 11.0 Å². The molecule has 0 saturated heterocycles. The number of thioether (sulfide) groups is 1. The predicted octanol–water partition coefficient (Wildman–Crippen LogP) is 5.18. The van der Waals surface area contributed by atoms with Crippen molar-refractivity contribution in [2.45, 2.75) is 70.1 Å². The van der Waals surface area contributed by atoms with E-state index in [1.165, 1.54) is 29.1 Å². The Morgan fingerprint density at radius 2 is 1.93 bits per heavy atom. The van der Waals surface area contributed by atoms with Crippen molar-refractivity contribution in [2.24, 2.45) is 11.3 Å². The van der Waals surface area contributed by atoms with E-state index in [1.807, 2.05) is 0 Å². The molecular formula is C23H36N4OS. The number of nitrogens with zero attached hydrogens (tertiary/aromatic N) is 3. The summed E-state index contributed by atoms with van der Waals surface area (Å²) < 4.78 is 2.35. The number of urea groups is 1. The molecule has 1 heterocycles. The topological polar surface area (TPSA) is 50.2 Å². The van der Waals surface area contributed by atoms with Crippen molar-refractivity contribution in [3.8, 4) is 0 Å². The van der Waals surface area contributed by atoms with E-state index in [2.05, 4.69) is 62.7 Å². The summed E-state index contributed by atoms with van der Waals surface area (Å²) in [7, 11) is 3.52. The van der Waals surface area contributed by atoms with Gasteiger partial charge in [0, 0.05) is 43.2 Å². The summed E-state index contributed by atoms with van der Waals surface area (Å²) in [5, 5.41) is 2.99. The monoisotopic (exact) mass is 416 g/mol. The Balaban J connectivity index is 1.80. The summed E-state index contributed by atoms with van der Waals surface area (Å²) in [4.78, 5) is 19.7. The Hall–Kier alpha value is -1.69. The third-order valence-electron chi connectivity index (χ3n) is 5.09. The van der Waals surface area contributed by atoms with Gasteiger partial charge in [-0.05, 0) is 56.2 Å². The molecule has 1 aliphatic rings. The van der Waals surface area contributed by atoms with E-state index in [0.717, 1.165) is 24.4 Å². The van der Waals surface area contributed by atoms with Crippen LogP contribution in [0.2, 0.25) is 0 Å². The average Bonchev–Trinajstić information content (AvgIpc) is 3.34. The maximum absolute atomic E-state index is 11.9. The van der Waals surface area contributed by atoms with Crippen molar-refractivity contribution in [3.63, 3.8) is 0 Å². The Bertz CT molecular complexity index is 875. The van der Waals surface area contributed by atoms with Gasteiger partial charge in [-0.2, -0.15) is 0 Å². The smallest absolute Gasteiger partial charge is 0.316 e. The van der Waals surface area contributed by atoms with E-state index >= 15 is 0 Å². The number of carbonyl (C=O) groups is 1. The summed E-state index contributed by atoms with van der Waals surface area (Å²) in [5.74, 6) is 2.03. The van der Waals surface area contributed by atoms with Crippen molar-refractivity contribution < 1.29 is 4.79 Å². The number of imidazole rings is 1. The zero-order valence-corrected chi connectivity index (χ0v) is 19.8. The maximum atomic E-state index is 11.9. The second-order valence-electron chi connectivity index (χ2n) is 10.4. The molecule has 0 spiro atoms. The minimum absolute atomic E-state index is 0.0558. The van der Waals surface area contributed by atoms with Crippen LogP contribution in [0.4, 0.5) is 4.79 Å². The van der Waals surface area contributed by atoms with E-state index in [-0.39, 0.29) is 16.2 Å². The van der Waals surface area contributed by atoms with E-state index in [9.17, 15) is 4.79 Å². The minimum atomic E-state index is -0.107. The van der Waals surface area contributed by atoms with Crippen LogP contribution in [-0.2, 0) is 13.0 Å².